The lowest BCUT2D eigenvalue weighted by molar-refractivity contribution is -0.117. The van der Waals surface area contributed by atoms with E-state index in [0.29, 0.717) is 23.1 Å². The van der Waals surface area contributed by atoms with Gasteiger partial charge in [-0.2, -0.15) is 0 Å². The van der Waals surface area contributed by atoms with Gasteiger partial charge in [-0.3, -0.25) is 9.59 Å². The molecule has 2 rings (SSSR count). The molecule has 250 valence electrons. The number of hydrogen-bond acceptors (Lipinski definition) is 10. The maximum atomic E-state index is 12.1. The van der Waals surface area contributed by atoms with E-state index in [2.05, 4.69) is 44.9 Å². The maximum absolute atomic E-state index is 12.1. The van der Waals surface area contributed by atoms with Gasteiger partial charge >= 0.3 is 0 Å². The highest BCUT2D eigenvalue weighted by Gasteiger charge is 2.10. The van der Waals surface area contributed by atoms with E-state index < -0.39 is 0 Å². The fourth-order valence-corrected chi connectivity index (χ4v) is 8.39. The summed E-state index contributed by atoms with van der Waals surface area (Å²) in [4.78, 5) is 24.1. The lowest BCUT2D eigenvalue weighted by atomic mass is 10.1. The summed E-state index contributed by atoms with van der Waals surface area (Å²) < 4.78 is 1.89. The Hall–Kier alpha value is -1.24. The number of unbranched alkanes of at least 4 members (excludes halogenated alkanes) is 17. The third-order valence-corrected chi connectivity index (χ3v) is 11.4. The number of nitrogens with one attached hydrogen (secondary N) is 2. The van der Waals surface area contributed by atoms with Crippen LogP contribution in [0.15, 0.2) is 8.68 Å². The number of rotatable bonds is 29. The topological polar surface area (TPSA) is 110 Å². The van der Waals surface area contributed by atoms with E-state index in [4.69, 9.17) is 0 Å². The number of amides is 2. The van der Waals surface area contributed by atoms with Crippen LogP contribution in [0.4, 0.5) is 10.3 Å². The number of nitrogens with zero attached hydrogens (tertiary/aromatic N) is 4. The normalized spacial score (nSPS) is 11.2. The Kier molecular flexibility index (Phi) is 23.8. The molecular formula is C32H56N6O2S4. The molecular weight excluding hydrogens is 629 g/mol. The molecule has 0 atom stereocenters. The second kappa shape index (κ2) is 26.9. The first-order valence-corrected chi connectivity index (χ1v) is 20.7. The van der Waals surface area contributed by atoms with Gasteiger partial charge in [0.1, 0.15) is 0 Å². The summed E-state index contributed by atoms with van der Waals surface area (Å²) >= 11 is 6.47. The van der Waals surface area contributed by atoms with Gasteiger partial charge < -0.3 is 10.6 Å². The highest BCUT2D eigenvalue weighted by atomic mass is 32.2. The molecule has 2 aromatic heterocycles. The van der Waals surface area contributed by atoms with E-state index in [1.807, 2.05) is 0 Å². The van der Waals surface area contributed by atoms with Crippen molar-refractivity contribution in [3.63, 3.8) is 0 Å². The van der Waals surface area contributed by atoms with E-state index in [9.17, 15) is 9.59 Å². The average molecular weight is 685 g/mol. The highest BCUT2D eigenvalue weighted by Crippen LogP contribution is 2.28. The molecule has 2 aromatic rings. The van der Waals surface area contributed by atoms with Gasteiger partial charge in [-0.1, -0.05) is 163 Å². The van der Waals surface area contributed by atoms with E-state index >= 15 is 0 Å². The molecule has 0 fully saturated rings. The predicted octanol–water partition coefficient (Wildman–Crippen LogP) is 10.8. The first-order valence-electron chi connectivity index (χ1n) is 17.1. The van der Waals surface area contributed by atoms with Crippen LogP contribution in [-0.4, -0.2) is 43.7 Å². The largest absolute Gasteiger partial charge is 0.301 e. The fraction of sp³-hybridized carbons (Fsp3) is 0.812. The van der Waals surface area contributed by atoms with Crippen LogP contribution < -0.4 is 10.6 Å². The fourth-order valence-electron chi connectivity index (χ4n) is 4.72. The minimum absolute atomic E-state index is 0.0542. The third-order valence-electron chi connectivity index (χ3n) is 7.31. The molecule has 44 heavy (non-hydrogen) atoms. The van der Waals surface area contributed by atoms with E-state index in [0.717, 1.165) is 45.9 Å². The zero-order valence-electron chi connectivity index (χ0n) is 27.2. The van der Waals surface area contributed by atoms with Gasteiger partial charge in [-0.15, -0.1) is 20.4 Å². The van der Waals surface area contributed by atoms with Crippen LogP contribution in [0.1, 0.15) is 155 Å². The molecule has 2 N–H and O–H groups in total. The van der Waals surface area contributed by atoms with Crippen LogP contribution >= 0.6 is 46.2 Å². The molecule has 2 amide bonds. The molecule has 0 aliphatic carbocycles. The number of carbonyl (C=O) groups is 2. The Labute approximate surface area is 282 Å². The molecule has 0 unspecified atom stereocenters. The Balaban J connectivity index is 1.35. The van der Waals surface area contributed by atoms with Crippen LogP contribution in [-0.2, 0) is 9.59 Å². The maximum Gasteiger partial charge on any atom is 0.226 e. The molecule has 0 saturated carbocycles. The van der Waals surface area contributed by atoms with Crippen molar-refractivity contribution in [3.05, 3.63) is 0 Å². The molecule has 8 nitrogen and oxygen atoms in total. The Morgan fingerprint density at radius 1 is 0.500 bits per heavy atom. The minimum Gasteiger partial charge on any atom is -0.301 e. The van der Waals surface area contributed by atoms with Crippen molar-refractivity contribution in [1.29, 1.82) is 0 Å². The quantitative estimate of drug-likeness (QED) is 0.0495. The van der Waals surface area contributed by atoms with Crippen LogP contribution in [0.3, 0.4) is 0 Å². The molecule has 0 bridgehead atoms. The van der Waals surface area contributed by atoms with E-state index in [-0.39, 0.29) is 11.8 Å². The SMILES string of the molecule is CCCCCCCC(=O)Nc1nnc(SCCCCCCCCCCCCSc2nnc(NC(=O)CCCCCCC)s2)s1. The summed E-state index contributed by atoms with van der Waals surface area (Å²) in [6.07, 6.45) is 25.5. The highest BCUT2D eigenvalue weighted by molar-refractivity contribution is 8.01. The van der Waals surface area contributed by atoms with Gasteiger partial charge in [0.2, 0.25) is 22.1 Å². The molecule has 12 heteroatoms. The number of aromatic nitrogens is 4. The smallest absolute Gasteiger partial charge is 0.226 e. The Bertz CT molecular complexity index is 925. The van der Waals surface area contributed by atoms with Crippen LogP contribution in [0, 0.1) is 0 Å². The Morgan fingerprint density at radius 3 is 1.23 bits per heavy atom. The predicted molar refractivity (Wildman–Crippen MR) is 191 cm³/mol. The van der Waals surface area contributed by atoms with Crippen molar-refractivity contribution < 1.29 is 9.59 Å². The Morgan fingerprint density at radius 2 is 0.841 bits per heavy atom. The second-order valence-electron chi connectivity index (χ2n) is 11.4. The van der Waals surface area contributed by atoms with Gasteiger partial charge in [-0.25, -0.2) is 0 Å². The number of anilines is 2. The molecule has 0 aliphatic rings. The second-order valence-corrected chi connectivity index (χ2v) is 16.0. The lowest BCUT2D eigenvalue weighted by Crippen LogP contribution is -2.10. The van der Waals surface area contributed by atoms with Crippen molar-refractivity contribution in [1.82, 2.24) is 20.4 Å². The summed E-state index contributed by atoms with van der Waals surface area (Å²) in [5.74, 6) is 2.23. The van der Waals surface area contributed by atoms with Crippen molar-refractivity contribution >= 4 is 68.3 Å². The van der Waals surface area contributed by atoms with Crippen LogP contribution in [0.5, 0.6) is 0 Å². The van der Waals surface area contributed by atoms with Gasteiger partial charge in [0, 0.05) is 24.3 Å². The lowest BCUT2D eigenvalue weighted by Gasteiger charge is -2.03. The van der Waals surface area contributed by atoms with Crippen molar-refractivity contribution in [2.24, 2.45) is 0 Å². The monoisotopic (exact) mass is 684 g/mol. The number of carbonyl (C=O) groups excluding carboxylic acids is 2. The van der Waals surface area contributed by atoms with Crippen LogP contribution in [0.2, 0.25) is 0 Å². The molecule has 0 saturated heterocycles. The van der Waals surface area contributed by atoms with E-state index in [1.165, 1.54) is 125 Å². The first-order chi connectivity index (χ1) is 21.6. The van der Waals surface area contributed by atoms with Gasteiger partial charge in [-0.05, 0) is 25.7 Å². The summed E-state index contributed by atoms with van der Waals surface area (Å²) in [6, 6.07) is 0. The van der Waals surface area contributed by atoms with Gasteiger partial charge in [0.15, 0.2) is 8.68 Å². The van der Waals surface area contributed by atoms with Gasteiger partial charge in [0.05, 0.1) is 0 Å². The molecule has 2 heterocycles. The molecule has 0 radical (unpaired) electrons. The minimum atomic E-state index is 0.0542. The van der Waals surface area contributed by atoms with Crippen LogP contribution in [0.25, 0.3) is 0 Å². The average Bonchev–Trinajstić information content (AvgIpc) is 3.66. The summed E-state index contributed by atoms with van der Waals surface area (Å²) in [5.41, 5.74) is 0. The summed E-state index contributed by atoms with van der Waals surface area (Å²) in [5, 5.41) is 23.7. The third kappa shape index (κ3) is 20.7. The standard InChI is InChI=1S/C32H56N6O2S4/c1-3-5-7-15-19-23-27(39)33-29-35-37-31(43-29)41-25-21-17-13-11-9-10-12-14-18-22-26-42-32-38-36-30(44-32)34-28(40)24-20-16-8-6-4-2/h3-26H2,1-2H3,(H,33,35,39)(H,34,36,40). The van der Waals surface area contributed by atoms with E-state index in [1.54, 1.807) is 23.5 Å². The van der Waals surface area contributed by atoms with Gasteiger partial charge in [0.25, 0.3) is 0 Å². The van der Waals surface area contributed by atoms with Crippen molar-refractivity contribution in [3.8, 4) is 0 Å². The summed E-state index contributed by atoms with van der Waals surface area (Å²) in [6.45, 7) is 4.40. The molecule has 0 aromatic carbocycles. The number of hydrogen-bond donors (Lipinski definition) is 2. The molecule has 0 aliphatic heterocycles. The van der Waals surface area contributed by atoms with Crippen molar-refractivity contribution in [2.75, 3.05) is 22.1 Å². The summed E-state index contributed by atoms with van der Waals surface area (Å²) in [7, 11) is 0. The zero-order chi connectivity index (χ0) is 31.5. The zero-order valence-corrected chi connectivity index (χ0v) is 30.5. The number of thioether (sulfide) groups is 2. The van der Waals surface area contributed by atoms with Crippen molar-refractivity contribution in [2.45, 2.75) is 164 Å². The molecule has 0 spiro atoms. The first kappa shape index (κ1) is 38.9.